The van der Waals surface area contributed by atoms with Crippen molar-refractivity contribution in [1.82, 2.24) is 10.3 Å². The van der Waals surface area contributed by atoms with Gasteiger partial charge in [0.15, 0.2) is 5.54 Å². The number of ether oxygens (including phenoxy) is 1. The lowest BCUT2D eigenvalue weighted by Gasteiger charge is -2.32. The molecule has 5 heteroatoms. The Morgan fingerprint density at radius 2 is 2.16 bits per heavy atom. The van der Waals surface area contributed by atoms with Crippen molar-refractivity contribution in [1.29, 1.82) is 0 Å². The van der Waals surface area contributed by atoms with Crippen molar-refractivity contribution in [2.24, 2.45) is 0 Å². The smallest absolute Gasteiger partial charge is 0.332 e. The molecule has 0 aliphatic heterocycles. The number of nitrogens with one attached hydrogen (secondary N) is 1. The second-order valence-electron chi connectivity index (χ2n) is 4.64. The normalized spacial score (nSPS) is 14.2. The lowest BCUT2D eigenvalue weighted by molar-refractivity contribution is -0.152. The molecule has 0 aromatic carbocycles. The lowest BCUT2D eigenvalue weighted by atomic mass is 9.90. The third kappa shape index (κ3) is 3.50. The van der Waals surface area contributed by atoms with Crippen molar-refractivity contribution >= 4 is 5.97 Å². The molecular formula is C14H21FN2O2. The second kappa shape index (κ2) is 6.61. The third-order valence-corrected chi connectivity index (χ3v) is 2.85. The zero-order chi connectivity index (χ0) is 14.5. The number of hydrogen-bond acceptors (Lipinski definition) is 4. The van der Waals surface area contributed by atoms with E-state index in [2.05, 4.69) is 10.3 Å². The number of rotatable bonds is 6. The van der Waals surface area contributed by atoms with Crippen molar-refractivity contribution < 1.29 is 13.9 Å². The molecule has 0 spiro atoms. The highest BCUT2D eigenvalue weighted by atomic mass is 19.1. The molecule has 1 aromatic rings. The summed E-state index contributed by atoms with van der Waals surface area (Å²) < 4.78 is 18.1. The highest BCUT2D eigenvalue weighted by molar-refractivity contribution is 5.82. The topological polar surface area (TPSA) is 51.2 Å². The first-order valence-corrected chi connectivity index (χ1v) is 6.53. The van der Waals surface area contributed by atoms with Gasteiger partial charge in [0.1, 0.15) is 5.82 Å². The molecule has 0 radical (unpaired) electrons. The Balaban J connectivity index is 3.22. The van der Waals surface area contributed by atoms with E-state index in [1.165, 1.54) is 12.1 Å². The van der Waals surface area contributed by atoms with Crippen LogP contribution in [0.4, 0.5) is 4.39 Å². The SMILES string of the molecule is CCOC(=O)C(CC)(NC(C)C)c1ccc(F)cn1. The zero-order valence-electron chi connectivity index (χ0n) is 11.9. The molecule has 106 valence electrons. The van der Waals surface area contributed by atoms with Gasteiger partial charge in [-0.2, -0.15) is 0 Å². The van der Waals surface area contributed by atoms with E-state index < -0.39 is 11.4 Å². The molecule has 1 unspecified atom stereocenters. The van der Waals surface area contributed by atoms with Gasteiger partial charge in [-0.1, -0.05) is 6.92 Å². The highest BCUT2D eigenvalue weighted by Gasteiger charge is 2.41. The molecule has 1 aromatic heterocycles. The van der Waals surface area contributed by atoms with Gasteiger partial charge in [0.05, 0.1) is 18.5 Å². The highest BCUT2D eigenvalue weighted by Crippen LogP contribution is 2.26. The summed E-state index contributed by atoms with van der Waals surface area (Å²) in [4.78, 5) is 16.3. The first-order valence-electron chi connectivity index (χ1n) is 6.53. The average Bonchev–Trinajstić information content (AvgIpc) is 2.37. The molecule has 4 nitrogen and oxygen atoms in total. The standard InChI is InChI=1S/C14H21FN2O2/c1-5-14(17-10(3)4,13(18)19-6-2)12-8-7-11(15)9-16-12/h7-10,17H,5-6H2,1-4H3. The Labute approximate surface area is 113 Å². The van der Waals surface area contributed by atoms with Gasteiger partial charge in [-0.25, -0.2) is 9.18 Å². The van der Waals surface area contributed by atoms with Gasteiger partial charge in [-0.3, -0.25) is 10.3 Å². The van der Waals surface area contributed by atoms with Crippen LogP contribution < -0.4 is 5.32 Å². The minimum absolute atomic E-state index is 0.0659. The third-order valence-electron chi connectivity index (χ3n) is 2.85. The van der Waals surface area contributed by atoms with Crippen LogP contribution in [0, 0.1) is 5.82 Å². The fourth-order valence-electron chi connectivity index (χ4n) is 2.04. The van der Waals surface area contributed by atoms with E-state index >= 15 is 0 Å². The van der Waals surface area contributed by atoms with Crippen LogP contribution in [-0.4, -0.2) is 23.6 Å². The number of hydrogen-bond donors (Lipinski definition) is 1. The summed E-state index contributed by atoms with van der Waals surface area (Å²) in [6.07, 6.45) is 1.59. The molecule has 0 saturated heterocycles. The Morgan fingerprint density at radius 3 is 2.58 bits per heavy atom. The maximum absolute atomic E-state index is 13.0. The molecule has 1 N–H and O–H groups in total. The number of carbonyl (C=O) groups is 1. The maximum Gasteiger partial charge on any atom is 0.332 e. The fourth-order valence-corrected chi connectivity index (χ4v) is 2.04. The minimum atomic E-state index is -1.03. The quantitative estimate of drug-likeness (QED) is 0.805. The molecular weight excluding hydrogens is 247 g/mol. The predicted octanol–water partition coefficient (Wildman–Crippen LogP) is 2.39. The van der Waals surface area contributed by atoms with Crippen molar-refractivity contribution in [2.45, 2.75) is 45.7 Å². The molecule has 0 aliphatic rings. The summed E-state index contributed by atoms with van der Waals surface area (Å²) in [6, 6.07) is 2.88. The fraction of sp³-hybridized carbons (Fsp3) is 0.571. The Hall–Kier alpha value is -1.49. The summed E-state index contributed by atoms with van der Waals surface area (Å²) in [7, 11) is 0. The molecule has 0 amide bonds. The first kappa shape index (κ1) is 15.6. The van der Waals surface area contributed by atoms with Crippen molar-refractivity contribution in [3.8, 4) is 0 Å². The van der Waals surface area contributed by atoms with Crippen LogP contribution in [0.25, 0.3) is 0 Å². The summed E-state index contributed by atoms with van der Waals surface area (Å²) in [5.74, 6) is -0.813. The number of carbonyl (C=O) groups excluding carboxylic acids is 1. The summed E-state index contributed by atoms with van der Waals surface area (Å²) in [5.41, 5.74) is -0.554. The summed E-state index contributed by atoms with van der Waals surface area (Å²) in [5, 5.41) is 3.20. The van der Waals surface area contributed by atoms with Gasteiger partial charge in [0.25, 0.3) is 0 Å². The number of pyridine rings is 1. The van der Waals surface area contributed by atoms with E-state index in [1.54, 1.807) is 6.92 Å². The lowest BCUT2D eigenvalue weighted by Crippen LogP contribution is -2.53. The predicted molar refractivity (Wildman–Crippen MR) is 71.1 cm³/mol. The van der Waals surface area contributed by atoms with Crippen LogP contribution in [0.5, 0.6) is 0 Å². The molecule has 0 bridgehead atoms. The second-order valence-corrected chi connectivity index (χ2v) is 4.64. The van der Waals surface area contributed by atoms with Gasteiger partial charge in [-0.15, -0.1) is 0 Å². The van der Waals surface area contributed by atoms with Crippen LogP contribution in [0.2, 0.25) is 0 Å². The van der Waals surface area contributed by atoms with E-state index in [1.807, 2.05) is 20.8 Å². The number of halogens is 1. The molecule has 0 aliphatic carbocycles. The maximum atomic E-state index is 13.0. The van der Waals surface area contributed by atoms with Crippen molar-refractivity contribution in [2.75, 3.05) is 6.61 Å². The largest absolute Gasteiger partial charge is 0.464 e. The summed E-state index contributed by atoms with van der Waals surface area (Å²) in [6.45, 7) is 7.80. The Kier molecular flexibility index (Phi) is 5.42. The van der Waals surface area contributed by atoms with Gasteiger partial charge in [0.2, 0.25) is 0 Å². The zero-order valence-corrected chi connectivity index (χ0v) is 11.9. The van der Waals surface area contributed by atoms with Gasteiger partial charge < -0.3 is 4.74 Å². The van der Waals surface area contributed by atoms with Crippen LogP contribution in [0.3, 0.4) is 0 Å². The van der Waals surface area contributed by atoms with Crippen LogP contribution in [-0.2, 0) is 15.1 Å². The number of nitrogens with zero attached hydrogens (tertiary/aromatic N) is 1. The van der Waals surface area contributed by atoms with E-state index in [-0.39, 0.29) is 12.0 Å². The van der Waals surface area contributed by atoms with Crippen LogP contribution >= 0.6 is 0 Å². The molecule has 19 heavy (non-hydrogen) atoms. The Morgan fingerprint density at radius 1 is 1.47 bits per heavy atom. The van der Waals surface area contributed by atoms with Crippen molar-refractivity contribution in [3.05, 3.63) is 29.8 Å². The molecule has 1 heterocycles. The van der Waals surface area contributed by atoms with E-state index in [4.69, 9.17) is 4.74 Å². The average molecular weight is 268 g/mol. The van der Waals surface area contributed by atoms with Crippen LogP contribution in [0.15, 0.2) is 18.3 Å². The monoisotopic (exact) mass is 268 g/mol. The molecule has 1 rings (SSSR count). The number of esters is 1. The van der Waals surface area contributed by atoms with Gasteiger partial charge in [0, 0.05) is 6.04 Å². The molecule has 0 saturated carbocycles. The number of aromatic nitrogens is 1. The summed E-state index contributed by atoms with van der Waals surface area (Å²) >= 11 is 0. The molecule has 1 atom stereocenters. The Bertz CT molecular complexity index is 420. The van der Waals surface area contributed by atoms with E-state index in [0.29, 0.717) is 18.7 Å². The van der Waals surface area contributed by atoms with Crippen molar-refractivity contribution in [3.63, 3.8) is 0 Å². The van der Waals surface area contributed by atoms with Gasteiger partial charge >= 0.3 is 5.97 Å². The van der Waals surface area contributed by atoms with E-state index in [9.17, 15) is 9.18 Å². The van der Waals surface area contributed by atoms with E-state index in [0.717, 1.165) is 6.20 Å². The first-order chi connectivity index (χ1) is 8.96. The minimum Gasteiger partial charge on any atom is -0.464 e. The molecule has 0 fully saturated rings. The van der Waals surface area contributed by atoms with Gasteiger partial charge in [-0.05, 0) is 39.3 Å². The van der Waals surface area contributed by atoms with Crippen LogP contribution in [0.1, 0.15) is 39.8 Å².